The molecule has 0 saturated carbocycles. The number of carbonyl (C=O) groups is 1. The third-order valence-electron chi connectivity index (χ3n) is 4.49. The Bertz CT molecular complexity index is 726. The van der Waals surface area contributed by atoms with Crippen molar-refractivity contribution in [2.75, 3.05) is 6.54 Å². The fourth-order valence-electron chi connectivity index (χ4n) is 3.21. The van der Waals surface area contributed by atoms with Crippen LogP contribution in [0.3, 0.4) is 0 Å². The maximum absolute atomic E-state index is 11.3. The second-order valence-corrected chi connectivity index (χ2v) is 6.32. The van der Waals surface area contributed by atoms with Gasteiger partial charge in [0.2, 0.25) is 5.91 Å². The van der Waals surface area contributed by atoms with Gasteiger partial charge in [0.25, 0.3) is 0 Å². The van der Waals surface area contributed by atoms with Gasteiger partial charge in [-0.25, -0.2) is 15.0 Å². The van der Waals surface area contributed by atoms with Crippen LogP contribution in [0.25, 0.3) is 0 Å². The Labute approximate surface area is 142 Å². The van der Waals surface area contributed by atoms with Crippen molar-refractivity contribution in [3.05, 3.63) is 41.5 Å². The molecule has 1 aliphatic heterocycles. The Morgan fingerprint density at radius 3 is 2.96 bits per heavy atom. The number of carbonyl (C=O) groups excluding carboxylic acids is 1. The summed E-state index contributed by atoms with van der Waals surface area (Å²) in [5.41, 5.74) is 2.02. The maximum atomic E-state index is 11.3. The monoisotopic (exact) mass is 328 g/mol. The maximum Gasteiger partial charge on any atom is 0.217 e. The van der Waals surface area contributed by atoms with Crippen LogP contribution in [0.2, 0.25) is 0 Å². The van der Waals surface area contributed by atoms with Gasteiger partial charge in [-0.3, -0.25) is 9.69 Å². The van der Waals surface area contributed by atoms with E-state index in [4.69, 9.17) is 4.98 Å². The highest BCUT2D eigenvalue weighted by Crippen LogP contribution is 2.33. The zero-order chi connectivity index (χ0) is 17.1. The van der Waals surface area contributed by atoms with Crippen LogP contribution in [0.1, 0.15) is 48.7 Å². The summed E-state index contributed by atoms with van der Waals surface area (Å²) in [6, 6.07) is 0.243. The average Bonchev–Trinajstić information content (AvgIpc) is 3.16. The lowest BCUT2D eigenvalue weighted by atomic mass is 10.1. The zero-order valence-corrected chi connectivity index (χ0v) is 14.5. The summed E-state index contributed by atoms with van der Waals surface area (Å²) in [6.07, 6.45) is 7.84. The number of aryl methyl sites for hydroxylation is 2. The number of likely N-dealkylation sites (tertiary alicyclic amines) is 1. The molecule has 1 saturated heterocycles. The van der Waals surface area contributed by atoms with E-state index < -0.39 is 0 Å². The first-order chi connectivity index (χ1) is 11.5. The molecule has 3 rings (SSSR count). The first-order valence-electron chi connectivity index (χ1n) is 8.31. The zero-order valence-electron chi connectivity index (χ0n) is 14.5. The van der Waals surface area contributed by atoms with E-state index in [1.54, 1.807) is 0 Å². The molecule has 0 aromatic carbocycles. The van der Waals surface area contributed by atoms with Gasteiger partial charge in [0.05, 0.1) is 18.3 Å². The summed E-state index contributed by atoms with van der Waals surface area (Å²) >= 11 is 0. The van der Waals surface area contributed by atoms with Gasteiger partial charge in [0, 0.05) is 44.7 Å². The van der Waals surface area contributed by atoms with Crippen LogP contribution in [0.4, 0.5) is 0 Å². The van der Waals surface area contributed by atoms with Crippen molar-refractivity contribution >= 4 is 5.91 Å². The van der Waals surface area contributed by atoms with Gasteiger partial charge < -0.3 is 9.88 Å². The van der Waals surface area contributed by atoms with E-state index in [1.165, 1.54) is 6.92 Å². The molecule has 0 spiro atoms. The fraction of sp³-hybridized carbons (Fsp3) is 0.529. The molecule has 2 aromatic rings. The Balaban J connectivity index is 1.84. The van der Waals surface area contributed by atoms with Gasteiger partial charge in [-0.2, -0.15) is 0 Å². The largest absolute Gasteiger partial charge is 0.352 e. The molecule has 2 aromatic heterocycles. The van der Waals surface area contributed by atoms with E-state index in [1.807, 2.05) is 32.6 Å². The molecule has 1 amide bonds. The van der Waals surface area contributed by atoms with Crippen molar-refractivity contribution in [2.45, 2.75) is 45.8 Å². The summed E-state index contributed by atoms with van der Waals surface area (Å²) in [5, 5.41) is 2.86. The molecule has 128 valence electrons. The van der Waals surface area contributed by atoms with Crippen molar-refractivity contribution < 1.29 is 4.79 Å². The molecule has 24 heavy (non-hydrogen) atoms. The van der Waals surface area contributed by atoms with Crippen molar-refractivity contribution in [2.24, 2.45) is 7.05 Å². The molecule has 7 heteroatoms. The van der Waals surface area contributed by atoms with E-state index >= 15 is 0 Å². The Hall–Kier alpha value is -2.28. The number of rotatable bonds is 5. The van der Waals surface area contributed by atoms with E-state index in [9.17, 15) is 4.79 Å². The van der Waals surface area contributed by atoms with Crippen LogP contribution >= 0.6 is 0 Å². The smallest absolute Gasteiger partial charge is 0.217 e. The molecule has 1 aliphatic rings. The third-order valence-corrected chi connectivity index (χ3v) is 4.49. The molecule has 1 unspecified atom stereocenters. The van der Waals surface area contributed by atoms with Gasteiger partial charge in [0.1, 0.15) is 11.6 Å². The highest BCUT2D eigenvalue weighted by atomic mass is 16.1. The van der Waals surface area contributed by atoms with Crippen molar-refractivity contribution in [1.82, 2.24) is 29.7 Å². The highest BCUT2D eigenvalue weighted by Gasteiger charge is 2.30. The molecule has 3 heterocycles. The highest BCUT2D eigenvalue weighted by molar-refractivity contribution is 5.72. The predicted molar refractivity (Wildman–Crippen MR) is 89.9 cm³/mol. The second kappa shape index (κ2) is 7.09. The molecule has 1 fully saturated rings. The second-order valence-electron chi connectivity index (χ2n) is 6.32. The Kier molecular flexibility index (Phi) is 4.89. The quantitative estimate of drug-likeness (QED) is 0.900. The SMILES string of the molecule is CC(=O)NCc1cnc(C)nc1C1CCCN1Cc1nccn1C. The average molecular weight is 328 g/mol. The summed E-state index contributed by atoms with van der Waals surface area (Å²) in [7, 11) is 2.02. The number of hydrogen-bond acceptors (Lipinski definition) is 5. The molecule has 0 bridgehead atoms. The molecular formula is C17H24N6O. The number of nitrogens with zero attached hydrogens (tertiary/aromatic N) is 5. The summed E-state index contributed by atoms with van der Waals surface area (Å²) in [4.78, 5) is 27.1. The molecule has 0 aliphatic carbocycles. The number of hydrogen-bond donors (Lipinski definition) is 1. The minimum absolute atomic E-state index is 0.0437. The molecular weight excluding hydrogens is 304 g/mol. The summed E-state index contributed by atoms with van der Waals surface area (Å²) < 4.78 is 2.05. The van der Waals surface area contributed by atoms with E-state index in [0.29, 0.717) is 6.54 Å². The van der Waals surface area contributed by atoms with Gasteiger partial charge in [-0.05, 0) is 26.3 Å². The number of imidazole rings is 1. The number of amides is 1. The van der Waals surface area contributed by atoms with Gasteiger partial charge in [-0.1, -0.05) is 0 Å². The van der Waals surface area contributed by atoms with E-state index in [2.05, 4.69) is 24.8 Å². The Morgan fingerprint density at radius 1 is 1.42 bits per heavy atom. The predicted octanol–water partition coefficient (Wildman–Crippen LogP) is 1.49. The normalized spacial score (nSPS) is 18.0. The molecule has 1 N–H and O–H groups in total. The lowest BCUT2D eigenvalue weighted by molar-refractivity contribution is -0.119. The summed E-state index contributed by atoms with van der Waals surface area (Å²) in [5.74, 6) is 1.77. The van der Waals surface area contributed by atoms with Crippen LogP contribution in [-0.2, 0) is 24.9 Å². The van der Waals surface area contributed by atoms with Crippen LogP contribution < -0.4 is 5.32 Å². The van der Waals surface area contributed by atoms with Crippen LogP contribution in [0.5, 0.6) is 0 Å². The standard InChI is InChI=1S/C17H24N6O/c1-12-19-9-14(10-20-13(2)24)17(21-12)15-5-4-7-23(15)11-16-18-6-8-22(16)3/h6,8-9,15H,4-5,7,10-11H2,1-3H3,(H,20,24). The molecule has 7 nitrogen and oxygen atoms in total. The molecule has 0 radical (unpaired) electrons. The topological polar surface area (TPSA) is 75.9 Å². The first kappa shape index (κ1) is 16.6. The fourth-order valence-corrected chi connectivity index (χ4v) is 3.21. The van der Waals surface area contributed by atoms with Gasteiger partial charge >= 0.3 is 0 Å². The van der Waals surface area contributed by atoms with Crippen molar-refractivity contribution in [3.63, 3.8) is 0 Å². The lowest BCUT2D eigenvalue weighted by Crippen LogP contribution is -2.28. The minimum Gasteiger partial charge on any atom is -0.352 e. The lowest BCUT2D eigenvalue weighted by Gasteiger charge is -2.25. The van der Waals surface area contributed by atoms with Crippen LogP contribution in [0, 0.1) is 6.92 Å². The van der Waals surface area contributed by atoms with E-state index in [-0.39, 0.29) is 11.9 Å². The molecule has 1 atom stereocenters. The minimum atomic E-state index is -0.0437. The van der Waals surface area contributed by atoms with Crippen LogP contribution in [-0.4, -0.2) is 36.9 Å². The van der Waals surface area contributed by atoms with Gasteiger partial charge in [0.15, 0.2) is 0 Å². The Morgan fingerprint density at radius 2 is 2.25 bits per heavy atom. The first-order valence-corrected chi connectivity index (χ1v) is 8.31. The van der Waals surface area contributed by atoms with E-state index in [0.717, 1.165) is 48.8 Å². The van der Waals surface area contributed by atoms with Gasteiger partial charge in [-0.15, -0.1) is 0 Å². The van der Waals surface area contributed by atoms with Crippen LogP contribution in [0.15, 0.2) is 18.6 Å². The van der Waals surface area contributed by atoms with Crippen molar-refractivity contribution in [1.29, 1.82) is 0 Å². The third kappa shape index (κ3) is 3.62. The summed E-state index contributed by atoms with van der Waals surface area (Å²) in [6.45, 7) is 5.73. The van der Waals surface area contributed by atoms with Crippen molar-refractivity contribution in [3.8, 4) is 0 Å². The number of aromatic nitrogens is 4. The number of nitrogens with one attached hydrogen (secondary N) is 1.